The van der Waals surface area contributed by atoms with Crippen LogP contribution < -0.4 is 16.0 Å². The third-order valence-electron chi connectivity index (χ3n) is 13.3. The third kappa shape index (κ3) is 6.50. The minimum atomic E-state index is 0.258. The maximum absolute atomic E-state index is 8.96. The van der Waals surface area contributed by atoms with Crippen molar-refractivity contribution < 1.29 is 5.11 Å². The zero-order valence-corrected chi connectivity index (χ0v) is 25.6. The van der Waals surface area contributed by atoms with Crippen LogP contribution in [0, 0.1) is 58.2 Å². The van der Waals surface area contributed by atoms with Gasteiger partial charge in [-0.05, 0) is 168 Å². The quantitative estimate of drug-likeness (QED) is 0.190. The second-order valence-corrected chi connectivity index (χ2v) is 15.9. The van der Waals surface area contributed by atoms with E-state index in [1.54, 1.807) is 0 Å². The second-order valence-electron chi connectivity index (χ2n) is 15.9. The minimum Gasteiger partial charge on any atom is -0.395 e. The van der Waals surface area contributed by atoms with Crippen molar-refractivity contribution in [2.24, 2.45) is 58.2 Å². The van der Waals surface area contributed by atoms with Crippen molar-refractivity contribution in [1.29, 1.82) is 0 Å². The lowest BCUT2D eigenvalue weighted by Crippen LogP contribution is -2.42. The summed E-state index contributed by atoms with van der Waals surface area (Å²) in [6, 6.07) is 0.719. The van der Waals surface area contributed by atoms with Gasteiger partial charge in [-0.3, -0.25) is 0 Å². The van der Waals surface area contributed by atoms with Gasteiger partial charge in [0.2, 0.25) is 0 Å². The average molecular weight is 530 g/mol. The molecule has 0 aromatic carbocycles. The molecule has 38 heavy (non-hydrogen) atoms. The maximum Gasteiger partial charge on any atom is 0.0555 e. The fraction of sp³-hybridized carbons (Fsp3) is 1.00. The molecule has 5 aliphatic rings. The Morgan fingerprint density at radius 1 is 0.658 bits per heavy atom. The summed E-state index contributed by atoms with van der Waals surface area (Å²) in [7, 11) is 0. The summed E-state index contributed by atoms with van der Waals surface area (Å²) in [5.74, 6) is 7.56. The van der Waals surface area contributed by atoms with Gasteiger partial charge in [-0.15, -0.1) is 0 Å². The van der Waals surface area contributed by atoms with Crippen molar-refractivity contribution in [1.82, 2.24) is 16.0 Å². The molecule has 5 rings (SSSR count). The Balaban J connectivity index is 1.05. The van der Waals surface area contributed by atoms with Crippen molar-refractivity contribution in [2.75, 3.05) is 39.3 Å². The minimum absolute atomic E-state index is 0.258. The molecule has 4 bridgehead atoms. The van der Waals surface area contributed by atoms with Crippen LogP contribution in [0.25, 0.3) is 0 Å². The first-order chi connectivity index (χ1) is 18.3. The molecule has 0 amide bonds. The van der Waals surface area contributed by atoms with Crippen molar-refractivity contribution in [3.63, 3.8) is 0 Å². The number of hydrogen-bond donors (Lipinski definition) is 4. The van der Waals surface area contributed by atoms with E-state index in [0.29, 0.717) is 10.8 Å². The topological polar surface area (TPSA) is 56.3 Å². The second kappa shape index (κ2) is 12.8. The summed E-state index contributed by atoms with van der Waals surface area (Å²) >= 11 is 0. The summed E-state index contributed by atoms with van der Waals surface area (Å²) in [5.41, 5.74) is 1.12. The number of rotatable bonds is 15. The number of aliphatic hydroxyl groups excluding tert-OH is 1. The van der Waals surface area contributed by atoms with Gasteiger partial charge >= 0.3 is 0 Å². The average Bonchev–Trinajstić information content (AvgIpc) is 3.66. The Morgan fingerprint density at radius 2 is 1.16 bits per heavy atom. The molecule has 0 aromatic rings. The lowest BCUT2D eigenvalue weighted by atomic mass is 9.63. The van der Waals surface area contributed by atoms with E-state index in [0.717, 1.165) is 73.0 Å². The normalized spacial score (nSPS) is 39.7. The summed E-state index contributed by atoms with van der Waals surface area (Å²) < 4.78 is 0. The number of hydrogen-bond acceptors (Lipinski definition) is 4. The van der Waals surface area contributed by atoms with Gasteiger partial charge < -0.3 is 21.1 Å². The zero-order chi connectivity index (χ0) is 26.8. The van der Waals surface area contributed by atoms with E-state index >= 15 is 0 Å². The van der Waals surface area contributed by atoms with Crippen LogP contribution >= 0.6 is 0 Å². The van der Waals surface area contributed by atoms with Gasteiger partial charge in [0.05, 0.1) is 6.61 Å². The van der Waals surface area contributed by atoms with E-state index in [-0.39, 0.29) is 6.61 Å². The van der Waals surface area contributed by atoms with Gasteiger partial charge in [0.25, 0.3) is 0 Å². The molecule has 5 saturated carbocycles. The van der Waals surface area contributed by atoms with Crippen molar-refractivity contribution in [2.45, 2.75) is 117 Å². The van der Waals surface area contributed by atoms with E-state index in [1.807, 2.05) is 0 Å². The molecule has 0 aromatic heterocycles. The van der Waals surface area contributed by atoms with E-state index in [9.17, 15) is 0 Å². The van der Waals surface area contributed by atoms with Crippen LogP contribution in [-0.2, 0) is 0 Å². The largest absolute Gasteiger partial charge is 0.395 e. The third-order valence-corrected chi connectivity index (χ3v) is 13.3. The van der Waals surface area contributed by atoms with E-state index in [2.05, 4.69) is 43.6 Å². The standard InChI is InChI=1S/C34H63N3O/c1-33(2)28-12-10-26(18-28)31(33)20-30(21-32-27-11-13-29(19-27)34(32,3)4)37-15-5-14-35-22-24-6-8-25(9-7-24)23-36-16-17-38/h24-32,35-38H,5-23H2,1-4H3. The van der Waals surface area contributed by atoms with Crippen LogP contribution in [-0.4, -0.2) is 50.5 Å². The Kier molecular flexibility index (Phi) is 9.87. The molecular formula is C34H63N3O. The first kappa shape index (κ1) is 29.3. The summed E-state index contributed by atoms with van der Waals surface area (Å²) in [4.78, 5) is 0. The van der Waals surface area contributed by atoms with E-state index < -0.39 is 0 Å². The molecule has 220 valence electrons. The first-order valence-electron chi connectivity index (χ1n) is 17.0. The molecular weight excluding hydrogens is 466 g/mol. The predicted molar refractivity (Wildman–Crippen MR) is 160 cm³/mol. The van der Waals surface area contributed by atoms with Crippen LogP contribution in [0.4, 0.5) is 0 Å². The fourth-order valence-corrected chi connectivity index (χ4v) is 10.7. The highest BCUT2D eigenvalue weighted by atomic mass is 16.3. The molecule has 5 aliphatic carbocycles. The van der Waals surface area contributed by atoms with E-state index in [1.165, 1.54) is 96.6 Å². The van der Waals surface area contributed by atoms with Gasteiger partial charge in [0.1, 0.15) is 0 Å². The highest BCUT2D eigenvalue weighted by molar-refractivity contribution is 5.05. The molecule has 0 saturated heterocycles. The van der Waals surface area contributed by atoms with Crippen LogP contribution in [0.1, 0.15) is 111 Å². The highest BCUT2D eigenvalue weighted by Gasteiger charge is 2.55. The molecule has 0 aliphatic heterocycles. The van der Waals surface area contributed by atoms with Gasteiger partial charge in [-0.25, -0.2) is 0 Å². The predicted octanol–water partition coefficient (Wildman–Crippen LogP) is 6.24. The van der Waals surface area contributed by atoms with Gasteiger partial charge in [0, 0.05) is 12.6 Å². The van der Waals surface area contributed by atoms with Crippen LogP contribution in [0.3, 0.4) is 0 Å². The molecule has 4 N–H and O–H groups in total. The van der Waals surface area contributed by atoms with E-state index in [4.69, 9.17) is 5.11 Å². The Bertz CT molecular complexity index is 689. The maximum atomic E-state index is 8.96. The van der Waals surface area contributed by atoms with Crippen molar-refractivity contribution in [3.05, 3.63) is 0 Å². The Labute approximate surface area is 235 Å². The summed E-state index contributed by atoms with van der Waals surface area (Å²) in [6.45, 7) is 16.1. The SMILES string of the molecule is CC1(C)C2CCC(C2)C1CC(CC1C2CCC(C2)C1(C)C)NCCCNCC1CCC(CNCCO)CC1. The zero-order valence-electron chi connectivity index (χ0n) is 25.6. The van der Waals surface area contributed by atoms with Crippen LogP contribution in [0.2, 0.25) is 0 Å². The molecule has 6 unspecified atom stereocenters. The lowest BCUT2D eigenvalue weighted by molar-refractivity contribution is 0.0743. The van der Waals surface area contributed by atoms with Crippen molar-refractivity contribution in [3.8, 4) is 0 Å². The van der Waals surface area contributed by atoms with Crippen LogP contribution in [0.5, 0.6) is 0 Å². The first-order valence-corrected chi connectivity index (χ1v) is 17.0. The molecule has 6 atom stereocenters. The monoisotopic (exact) mass is 529 g/mol. The van der Waals surface area contributed by atoms with Gasteiger partial charge in [0.15, 0.2) is 0 Å². The van der Waals surface area contributed by atoms with Gasteiger partial charge in [-0.2, -0.15) is 0 Å². The van der Waals surface area contributed by atoms with Crippen LogP contribution in [0.15, 0.2) is 0 Å². The fourth-order valence-electron chi connectivity index (χ4n) is 10.7. The van der Waals surface area contributed by atoms with Gasteiger partial charge in [-0.1, -0.05) is 27.7 Å². The number of nitrogens with one attached hydrogen (secondary N) is 3. The molecule has 0 radical (unpaired) electrons. The Morgan fingerprint density at radius 3 is 1.61 bits per heavy atom. The molecule has 0 spiro atoms. The Hall–Kier alpha value is -0.160. The molecule has 0 heterocycles. The van der Waals surface area contributed by atoms with Crippen molar-refractivity contribution >= 4 is 0 Å². The number of aliphatic hydroxyl groups is 1. The molecule has 4 heteroatoms. The molecule has 5 fully saturated rings. The molecule has 4 nitrogen and oxygen atoms in total. The lowest BCUT2D eigenvalue weighted by Gasteiger charge is -2.43. The summed E-state index contributed by atoms with van der Waals surface area (Å²) in [6.07, 6.45) is 18.6. The summed E-state index contributed by atoms with van der Waals surface area (Å²) in [5, 5.41) is 20.4. The smallest absolute Gasteiger partial charge is 0.0555 e. The highest BCUT2D eigenvalue weighted by Crippen LogP contribution is 2.63. The number of fused-ring (bicyclic) bond motifs is 4.